The third kappa shape index (κ3) is 3.72. The zero-order valence-corrected chi connectivity index (χ0v) is 13.7. The molecule has 124 valence electrons. The van der Waals surface area contributed by atoms with Crippen LogP contribution in [0.15, 0.2) is 24.3 Å². The molecule has 2 amide bonds. The van der Waals surface area contributed by atoms with Crippen molar-refractivity contribution in [2.45, 2.75) is 19.8 Å². The Hall–Kier alpha value is -1.88. The first kappa shape index (κ1) is 16.0. The summed E-state index contributed by atoms with van der Waals surface area (Å²) in [6, 6.07) is 7.68. The Labute approximate surface area is 137 Å². The van der Waals surface area contributed by atoms with Crippen LogP contribution >= 0.6 is 0 Å². The number of likely N-dealkylation sites (tertiary alicyclic amines) is 1. The summed E-state index contributed by atoms with van der Waals surface area (Å²) in [7, 11) is 0. The summed E-state index contributed by atoms with van der Waals surface area (Å²) in [4.78, 5) is 28.8. The van der Waals surface area contributed by atoms with E-state index >= 15 is 0 Å². The highest BCUT2D eigenvalue weighted by atomic mass is 16.5. The number of ether oxygens (including phenoxy) is 1. The van der Waals surface area contributed by atoms with E-state index in [2.05, 4.69) is 0 Å². The van der Waals surface area contributed by atoms with E-state index in [0.29, 0.717) is 39.4 Å². The smallest absolute Gasteiger partial charge is 0.253 e. The molecule has 0 aromatic heterocycles. The summed E-state index contributed by atoms with van der Waals surface area (Å²) in [6.45, 7) is 5.99. The van der Waals surface area contributed by atoms with E-state index in [-0.39, 0.29) is 17.7 Å². The molecular weight excluding hydrogens is 292 g/mol. The van der Waals surface area contributed by atoms with Crippen LogP contribution in [0.2, 0.25) is 0 Å². The minimum Gasteiger partial charge on any atom is -0.378 e. The van der Waals surface area contributed by atoms with Crippen LogP contribution in [-0.2, 0) is 9.53 Å². The third-order valence-electron chi connectivity index (χ3n) is 4.75. The lowest BCUT2D eigenvalue weighted by Crippen LogP contribution is -2.47. The molecule has 5 nitrogen and oxygen atoms in total. The molecule has 5 heteroatoms. The summed E-state index contributed by atoms with van der Waals surface area (Å²) in [5.41, 5.74) is 1.88. The molecule has 2 fully saturated rings. The second kappa shape index (κ2) is 7.13. The Bertz CT molecular complexity index is 556. The highest BCUT2D eigenvalue weighted by Crippen LogP contribution is 2.22. The van der Waals surface area contributed by atoms with Gasteiger partial charge in [-0.3, -0.25) is 9.59 Å². The standard InChI is InChI=1S/C18H24N2O3/c1-14-2-4-15(5-3-14)17(21)19-8-6-16(7-9-19)18(22)20-10-12-23-13-11-20/h2-5,16H,6-13H2,1H3. The first-order valence-electron chi connectivity index (χ1n) is 8.37. The van der Waals surface area contributed by atoms with E-state index in [1.54, 1.807) is 0 Å². The van der Waals surface area contributed by atoms with Crippen molar-refractivity contribution in [2.24, 2.45) is 5.92 Å². The van der Waals surface area contributed by atoms with Crippen molar-refractivity contribution in [2.75, 3.05) is 39.4 Å². The number of carbonyl (C=O) groups excluding carboxylic acids is 2. The van der Waals surface area contributed by atoms with Gasteiger partial charge < -0.3 is 14.5 Å². The Morgan fingerprint density at radius 1 is 0.957 bits per heavy atom. The van der Waals surface area contributed by atoms with Crippen LogP contribution in [0.1, 0.15) is 28.8 Å². The van der Waals surface area contributed by atoms with Crippen LogP contribution in [0, 0.1) is 12.8 Å². The highest BCUT2D eigenvalue weighted by Gasteiger charge is 2.31. The fourth-order valence-corrected chi connectivity index (χ4v) is 3.25. The van der Waals surface area contributed by atoms with Gasteiger partial charge in [0.2, 0.25) is 5.91 Å². The van der Waals surface area contributed by atoms with Crippen LogP contribution < -0.4 is 0 Å². The summed E-state index contributed by atoms with van der Waals surface area (Å²) in [5, 5.41) is 0. The first-order chi connectivity index (χ1) is 11.1. The number of amides is 2. The molecule has 0 bridgehead atoms. The number of piperidine rings is 1. The van der Waals surface area contributed by atoms with Crippen molar-refractivity contribution in [1.29, 1.82) is 0 Å². The van der Waals surface area contributed by atoms with Gasteiger partial charge in [0.05, 0.1) is 13.2 Å². The molecule has 0 radical (unpaired) electrons. The fraction of sp³-hybridized carbons (Fsp3) is 0.556. The predicted molar refractivity (Wildman–Crippen MR) is 87.2 cm³/mol. The maximum absolute atomic E-state index is 12.5. The molecule has 23 heavy (non-hydrogen) atoms. The van der Waals surface area contributed by atoms with Crippen LogP contribution in [0.3, 0.4) is 0 Å². The average molecular weight is 316 g/mol. The zero-order valence-electron chi connectivity index (χ0n) is 13.7. The number of carbonyl (C=O) groups is 2. The lowest BCUT2D eigenvalue weighted by atomic mass is 9.94. The molecule has 3 rings (SSSR count). The van der Waals surface area contributed by atoms with Gasteiger partial charge in [-0.15, -0.1) is 0 Å². The van der Waals surface area contributed by atoms with Crippen LogP contribution in [0.5, 0.6) is 0 Å². The lowest BCUT2D eigenvalue weighted by Gasteiger charge is -2.35. The van der Waals surface area contributed by atoms with E-state index in [1.165, 1.54) is 0 Å². The van der Waals surface area contributed by atoms with Gasteiger partial charge in [0.15, 0.2) is 0 Å². The molecule has 2 heterocycles. The van der Waals surface area contributed by atoms with Gasteiger partial charge >= 0.3 is 0 Å². The summed E-state index contributed by atoms with van der Waals surface area (Å²) in [6.07, 6.45) is 1.52. The largest absolute Gasteiger partial charge is 0.378 e. The molecule has 0 atom stereocenters. The topological polar surface area (TPSA) is 49.9 Å². The number of morpholine rings is 1. The molecule has 2 aliphatic heterocycles. The second-order valence-corrected chi connectivity index (χ2v) is 6.37. The van der Waals surface area contributed by atoms with Crippen molar-refractivity contribution in [1.82, 2.24) is 9.80 Å². The fourth-order valence-electron chi connectivity index (χ4n) is 3.25. The molecule has 0 aliphatic carbocycles. The Morgan fingerprint density at radius 2 is 1.57 bits per heavy atom. The van der Waals surface area contributed by atoms with Crippen LogP contribution in [0.25, 0.3) is 0 Å². The van der Waals surface area contributed by atoms with Crippen LogP contribution in [-0.4, -0.2) is 61.0 Å². The highest BCUT2D eigenvalue weighted by molar-refractivity contribution is 5.94. The molecule has 1 aromatic rings. The predicted octanol–water partition coefficient (Wildman–Crippen LogP) is 1.71. The normalized spacial score (nSPS) is 19.7. The Morgan fingerprint density at radius 3 is 2.17 bits per heavy atom. The summed E-state index contributed by atoms with van der Waals surface area (Å²) < 4.78 is 5.30. The number of aryl methyl sites for hydroxylation is 1. The lowest BCUT2D eigenvalue weighted by molar-refractivity contribution is -0.141. The van der Waals surface area contributed by atoms with Gasteiger partial charge in [-0.2, -0.15) is 0 Å². The van der Waals surface area contributed by atoms with Crippen molar-refractivity contribution in [3.8, 4) is 0 Å². The van der Waals surface area contributed by atoms with Crippen molar-refractivity contribution < 1.29 is 14.3 Å². The number of nitrogens with zero attached hydrogens (tertiary/aromatic N) is 2. The second-order valence-electron chi connectivity index (χ2n) is 6.37. The molecule has 2 aliphatic rings. The van der Waals surface area contributed by atoms with Crippen molar-refractivity contribution in [3.05, 3.63) is 35.4 Å². The van der Waals surface area contributed by atoms with E-state index in [4.69, 9.17) is 4.74 Å². The van der Waals surface area contributed by atoms with Crippen molar-refractivity contribution in [3.63, 3.8) is 0 Å². The maximum Gasteiger partial charge on any atom is 0.253 e. The molecular formula is C18H24N2O3. The van der Waals surface area contributed by atoms with E-state index in [9.17, 15) is 9.59 Å². The molecule has 1 aromatic carbocycles. The molecule has 0 spiro atoms. The SMILES string of the molecule is Cc1ccc(C(=O)N2CCC(C(=O)N3CCOCC3)CC2)cc1. The number of hydrogen-bond acceptors (Lipinski definition) is 3. The first-order valence-corrected chi connectivity index (χ1v) is 8.37. The quantitative estimate of drug-likeness (QED) is 0.834. The molecule has 2 saturated heterocycles. The maximum atomic E-state index is 12.5. The minimum absolute atomic E-state index is 0.0511. The number of hydrogen-bond donors (Lipinski definition) is 0. The van der Waals surface area contributed by atoms with Crippen molar-refractivity contribution >= 4 is 11.8 Å². The van der Waals surface area contributed by atoms with Gasteiger partial charge in [-0.05, 0) is 31.9 Å². The van der Waals surface area contributed by atoms with Crippen LogP contribution in [0.4, 0.5) is 0 Å². The van der Waals surface area contributed by atoms with Gasteiger partial charge in [0.1, 0.15) is 0 Å². The average Bonchev–Trinajstić information content (AvgIpc) is 2.62. The van der Waals surface area contributed by atoms with E-state index in [1.807, 2.05) is 41.0 Å². The third-order valence-corrected chi connectivity index (χ3v) is 4.75. The summed E-state index contributed by atoms with van der Waals surface area (Å²) in [5.74, 6) is 0.355. The van der Waals surface area contributed by atoms with Gasteiger partial charge in [-0.25, -0.2) is 0 Å². The molecule has 0 unspecified atom stereocenters. The number of benzene rings is 1. The Kier molecular flexibility index (Phi) is 4.96. The van der Waals surface area contributed by atoms with Gasteiger partial charge in [-0.1, -0.05) is 17.7 Å². The zero-order chi connectivity index (χ0) is 16.2. The van der Waals surface area contributed by atoms with Gasteiger partial charge in [0.25, 0.3) is 5.91 Å². The van der Waals surface area contributed by atoms with E-state index < -0.39 is 0 Å². The van der Waals surface area contributed by atoms with E-state index in [0.717, 1.165) is 24.0 Å². The molecule has 0 N–H and O–H groups in total. The molecule has 0 saturated carbocycles. The minimum atomic E-state index is 0.0511. The Balaban J connectivity index is 1.54. The number of rotatable bonds is 2. The van der Waals surface area contributed by atoms with Gasteiger partial charge in [0, 0.05) is 37.7 Å². The summed E-state index contributed by atoms with van der Waals surface area (Å²) >= 11 is 0. The monoisotopic (exact) mass is 316 g/mol.